The second-order valence-corrected chi connectivity index (χ2v) is 6.75. The molecule has 2 saturated heterocycles. The van der Waals surface area contributed by atoms with Gasteiger partial charge >= 0.3 is 11.8 Å². The third-order valence-corrected chi connectivity index (χ3v) is 4.31. The molecule has 4 unspecified atom stereocenters. The molecular weight excluding hydrogens is 357 g/mol. The predicted molar refractivity (Wildman–Crippen MR) is 81.3 cm³/mol. The molecule has 0 aromatic heterocycles. The molecule has 4 N–H and O–H groups in total. The first-order valence-corrected chi connectivity index (χ1v) is 8.00. The summed E-state index contributed by atoms with van der Waals surface area (Å²) < 4.78 is 34.8. The Balaban J connectivity index is 2.33. The van der Waals surface area contributed by atoms with E-state index in [9.17, 15) is 29.3 Å². The minimum Gasteiger partial charge on any atom is -0.465 e. The first-order valence-electron chi connectivity index (χ1n) is 8.00. The summed E-state index contributed by atoms with van der Waals surface area (Å²) in [5, 5.41) is 33.3. The molecule has 0 saturated carbocycles. The molecule has 11 heteroatoms. The zero-order valence-electron chi connectivity index (χ0n) is 14.8. The van der Waals surface area contributed by atoms with Gasteiger partial charge in [-0.1, -0.05) is 0 Å². The van der Waals surface area contributed by atoms with Crippen molar-refractivity contribution < 1.29 is 48.2 Å². The highest BCUT2D eigenvalue weighted by Crippen LogP contribution is 2.35. The van der Waals surface area contributed by atoms with Crippen molar-refractivity contribution in [1.82, 2.24) is 5.32 Å². The molecule has 0 spiro atoms. The summed E-state index contributed by atoms with van der Waals surface area (Å²) in [6.07, 6.45) is -8.84. The molecule has 2 aliphatic rings. The first kappa shape index (κ1) is 20.9. The molecule has 7 atom stereocenters. The lowest BCUT2D eigenvalue weighted by Crippen LogP contribution is -2.72. The van der Waals surface area contributed by atoms with Crippen LogP contribution in [0.3, 0.4) is 0 Å². The second kappa shape index (κ2) is 7.33. The third-order valence-electron chi connectivity index (χ3n) is 4.31. The average Bonchev–Trinajstić information content (AvgIpc) is 2.93. The van der Waals surface area contributed by atoms with Gasteiger partial charge in [-0.3, -0.25) is 4.79 Å². The quantitative estimate of drug-likeness (QED) is 0.405. The van der Waals surface area contributed by atoms with E-state index in [0.29, 0.717) is 0 Å². The van der Waals surface area contributed by atoms with Gasteiger partial charge in [-0.25, -0.2) is 9.18 Å². The van der Waals surface area contributed by atoms with Crippen LogP contribution >= 0.6 is 0 Å². The predicted octanol–water partition coefficient (Wildman–Crippen LogP) is -2.04. The van der Waals surface area contributed by atoms with Gasteiger partial charge in [0.25, 0.3) is 0 Å². The van der Waals surface area contributed by atoms with E-state index in [4.69, 9.17) is 14.2 Å². The molecule has 1 amide bonds. The van der Waals surface area contributed by atoms with Crippen LogP contribution in [0.25, 0.3) is 0 Å². The van der Waals surface area contributed by atoms with Crippen LogP contribution in [0.4, 0.5) is 4.39 Å². The van der Waals surface area contributed by atoms with E-state index in [-0.39, 0.29) is 6.61 Å². The zero-order valence-corrected chi connectivity index (χ0v) is 14.8. The molecule has 2 fully saturated rings. The fourth-order valence-corrected chi connectivity index (χ4v) is 3.04. The van der Waals surface area contributed by atoms with Crippen molar-refractivity contribution in [3.8, 4) is 0 Å². The number of aliphatic hydroxyl groups is 3. The summed E-state index contributed by atoms with van der Waals surface area (Å²) >= 11 is 0. The molecule has 26 heavy (non-hydrogen) atoms. The first-order chi connectivity index (χ1) is 11.9. The Morgan fingerprint density at radius 3 is 2.42 bits per heavy atom. The number of amides is 1. The van der Waals surface area contributed by atoms with E-state index in [1.54, 1.807) is 13.8 Å². The molecule has 150 valence electrons. The molecule has 0 aromatic rings. The summed E-state index contributed by atoms with van der Waals surface area (Å²) in [7, 11) is 0.893. The maximum atomic E-state index is 14.5. The summed E-state index contributed by atoms with van der Waals surface area (Å²) in [5.41, 5.74) is 0. The molecule has 0 radical (unpaired) electrons. The average molecular weight is 381 g/mol. The normalized spacial score (nSPS) is 40.7. The van der Waals surface area contributed by atoms with Crippen LogP contribution in [0.2, 0.25) is 0 Å². The highest BCUT2D eigenvalue weighted by molar-refractivity contribution is 5.79. The number of halogens is 1. The molecule has 0 bridgehead atoms. The lowest BCUT2D eigenvalue weighted by Gasteiger charge is -2.46. The Bertz CT molecular complexity index is 559. The van der Waals surface area contributed by atoms with E-state index < -0.39 is 60.1 Å². The zero-order chi connectivity index (χ0) is 19.9. The van der Waals surface area contributed by atoms with Crippen LogP contribution in [0.5, 0.6) is 0 Å². The summed E-state index contributed by atoms with van der Waals surface area (Å²) in [5.74, 6) is -6.31. The lowest BCUT2D eigenvalue weighted by atomic mass is 9.87. The number of methoxy groups -OCH3 is 1. The second-order valence-electron chi connectivity index (χ2n) is 6.75. The van der Waals surface area contributed by atoms with E-state index in [2.05, 4.69) is 10.1 Å². The van der Waals surface area contributed by atoms with Gasteiger partial charge in [0.05, 0.1) is 19.8 Å². The van der Waals surface area contributed by atoms with Crippen molar-refractivity contribution in [3.63, 3.8) is 0 Å². The standard InChI is InChI=1S/C15H24FNO9/c1-6(18)17-8-10(20)12(16)15(22,13(21)23-4)26-11(8)9(19)7-5-24-14(2,3)25-7/h7-12,19-20,22H,5H2,1-4H3,(H,17,18)/t7?,8-,9-,10?,11?,12?,15+/m1/s1. The van der Waals surface area contributed by atoms with Crippen LogP contribution in [0, 0.1) is 0 Å². The maximum absolute atomic E-state index is 14.5. The fraction of sp³-hybridized carbons (Fsp3) is 0.867. The van der Waals surface area contributed by atoms with Gasteiger partial charge in [-0.2, -0.15) is 0 Å². The van der Waals surface area contributed by atoms with Crippen molar-refractivity contribution in [1.29, 1.82) is 0 Å². The summed E-state index contributed by atoms with van der Waals surface area (Å²) in [6, 6.07) is -1.46. The van der Waals surface area contributed by atoms with E-state index in [1.807, 2.05) is 0 Å². The van der Waals surface area contributed by atoms with Crippen molar-refractivity contribution in [2.75, 3.05) is 13.7 Å². The minimum absolute atomic E-state index is 0.0629. The Morgan fingerprint density at radius 1 is 1.35 bits per heavy atom. The Labute approximate surface area is 149 Å². The monoisotopic (exact) mass is 381 g/mol. The van der Waals surface area contributed by atoms with Crippen molar-refractivity contribution >= 4 is 11.9 Å². The number of esters is 1. The number of nitrogens with one attached hydrogen (secondary N) is 1. The van der Waals surface area contributed by atoms with Crippen LogP contribution in [-0.4, -0.2) is 89.1 Å². The Morgan fingerprint density at radius 2 is 1.96 bits per heavy atom. The number of carbonyl (C=O) groups is 2. The lowest BCUT2D eigenvalue weighted by molar-refractivity contribution is -0.321. The number of alkyl halides is 1. The van der Waals surface area contributed by atoms with Crippen LogP contribution in [0.1, 0.15) is 20.8 Å². The van der Waals surface area contributed by atoms with Crippen LogP contribution in [-0.2, 0) is 28.5 Å². The van der Waals surface area contributed by atoms with Gasteiger partial charge in [0.1, 0.15) is 24.4 Å². The van der Waals surface area contributed by atoms with Crippen LogP contribution < -0.4 is 5.32 Å². The number of rotatable bonds is 4. The van der Waals surface area contributed by atoms with Crippen molar-refractivity contribution in [2.45, 2.75) is 69.0 Å². The Kier molecular flexibility index (Phi) is 5.90. The van der Waals surface area contributed by atoms with Gasteiger partial charge < -0.3 is 39.6 Å². The fourth-order valence-electron chi connectivity index (χ4n) is 3.04. The van der Waals surface area contributed by atoms with Gasteiger partial charge in [0, 0.05) is 6.92 Å². The number of hydrogen-bond acceptors (Lipinski definition) is 9. The topological polar surface area (TPSA) is 144 Å². The maximum Gasteiger partial charge on any atom is 0.369 e. The SMILES string of the molecule is COC(=O)[C@@]1(O)OC([C@H](O)C2COC(C)(C)O2)[C@H](NC(C)=O)C(O)C1F. The molecule has 2 aliphatic heterocycles. The number of aliphatic hydroxyl groups excluding tert-OH is 2. The molecule has 2 rings (SSSR count). The molecule has 10 nitrogen and oxygen atoms in total. The van der Waals surface area contributed by atoms with Crippen molar-refractivity contribution in [3.05, 3.63) is 0 Å². The van der Waals surface area contributed by atoms with E-state index in [1.165, 1.54) is 0 Å². The molecular formula is C15H24FNO9. The largest absolute Gasteiger partial charge is 0.465 e. The number of hydrogen-bond donors (Lipinski definition) is 4. The minimum atomic E-state index is -3.16. The van der Waals surface area contributed by atoms with Gasteiger partial charge in [0.2, 0.25) is 5.91 Å². The molecule has 0 aromatic carbocycles. The third kappa shape index (κ3) is 3.82. The Hall–Kier alpha value is -1.37. The van der Waals surface area contributed by atoms with E-state index in [0.717, 1.165) is 14.0 Å². The molecule has 0 aliphatic carbocycles. The highest BCUT2D eigenvalue weighted by atomic mass is 19.1. The van der Waals surface area contributed by atoms with E-state index >= 15 is 0 Å². The van der Waals surface area contributed by atoms with Crippen molar-refractivity contribution in [2.24, 2.45) is 0 Å². The highest BCUT2D eigenvalue weighted by Gasteiger charge is 2.62. The number of ether oxygens (including phenoxy) is 4. The number of carbonyl (C=O) groups excluding carboxylic acids is 2. The van der Waals surface area contributed by atoms with Gasteiger partial charge in [0.15, 0.2) is 12.0 Å². The van der Waals surface area contributed by atoms with Crippen LogP contribution in [0.15, 0.2) is 0 Å². The van der Waals surface area contributed by atoms with Gasteiger partial charge in [-0.05, 0) is 13.8 Å². The van der Waals surface area contributed by atoms with Gasteiger partial charge in [-0.15, -0.1) is 0 Å². The summed E-state index contributed by atoms with van der Waals surface area (Å²) in [6.45, 7) is 4.25. The molecule has 2 heterocycles. The smallest absolute Gasteiger partial charge is 0.369 e. The summed E-state index contributed by atoms with van der Waals surface area (Å²) in [4.78, 5) is 23.2.